The van der Waals surface area contributed by atoms with E-state index in [-0.39, 0.29) is 11.7 Å². The van der Waals surface area contributed by atoms with Crippen molar-refractivity contribution < 1.29 is 9.59 Å². The zero-order valence-corrected chi connectivity index (χ0v) is 16.3. The molecule has 4 heteroatoms. The van der Waals surface area contributed by atoms with Crippen LogP contribution in [0.3, 0.4) is 0 Å². The van der Waals surface area contributed by atoms with Gasteiger partial charge >= 0.3 is 0 Å². The second kappa shape index (κ2) is 7.68. The molecule has 1 N–H and O–H groups in total. The Balaban J connectivity index is 1.74. The molecule has 0 atom stereocenters. The quantitative estimate of drug-likeness (QED) is 0.464. The Morgan fingerprint density at radius 2 is 1.55 bits per heavy atom. The Kier molecular flexibility index (Phi) is 4.92. The molecular formula is C25H20N2O2. The molecule has 0 aliphatic rings. The van der Waals surface area contributed by atoms with E-state index in [2.05, 4.69) is 5.32 Å². The number of hydrogen-bond acceptors (Lipinski definition) is 3. The van der Waals surface area contributed by atoms with Crippen molar-refractivity contribution in [3.63, 3.8) is 0 Å². The lowest BCUT2D eigenvalue weighted by atomic mass is 10.0. The second-order valence-corrected chi connectivity index (χ2v) is 7.03. The first-order valence-corrected chi connectivity index (χ1v) is 9.40. The van der Waals surface area contributed by atoms with Gasteiger partial charge in [0.25, 0.3) is 5.91 Å². The molecule has 0 saturated heterocycles. The van der Waals surface area contributed by atoms with Crippen molar-refractivity contribution in [2.24, 2.45) is 0 Å². The van der Waals surface area contributed by atoms with E-state index >= 15 is 0 Å². The predicted octanol–water partition coefficient (Wildman–Crippen LogP) is 5.67. The van der Waals surface area contributed by atoms with Crippen LogP contribution in [0.2, 0.25) is 0 Å². The molecule has 3 aromatic carbocycles. The molecular weight excluding hydrogens is 360 g/mol. The summed E-state index contributed by atoms with van der Waals surface area (Å²) in [6.07, 6.45) is 0. The number of carbonyl (C=O) groups is 2. The first-order chi connectivity index (χ1) is 14.0. The van der Waals surface area contributed by atoms with Gasteiger partial charge in [0.05, 0.1) is 16.8 Å². The van der Waals surface area contributed by atoms with E-state index in [1.807, 2.05) is 61.5 Å². The third-order valence-electron chi connectivity index (χ3n) is 4.86. The van der Waals surface area contributed by atoms with Crippen LogP contribution in [0.25, 0.3) is 22.2 Å². The summed E-state index contributed by atoms with van der Waals surface area (Å²) in [6, 6.07) is 24.4. The molecule has 0 radical (unpaired) electrons. The number of nitrogens with one attached hydrogen (secondary N) is 1. The van der Waals surface area contributed by atoms with Gasteiger partial charge in [-0.05, 0) is 50.2 Å². The zero-order valence-electron chi connectivity index (χ0n) is 16.3. The number of anilines is 1. The highest BCUT2D eigenvalue weighted by atomic mass is 16.1. The first kappa shape index (κ1) is 18.6. The summed E-state index contributed by atoms with van der Waals surface area (Å²) >= 11 is 0. The predicted molar refractivity (Wildman–Crippen MR) is 116 cm³/mol. The molecule has 1 aromatic heterocycles. The lowest BCUT2D eigenvalue weighted by Crippen LogP contribution is -2.13. The molecule has 0 aliphatic carbocycles. The maximum Gasteiger partial charge on any atom is 0.256 e. The fourth-order valence-electron chi connectivity index (χ4n) is 3.22. The molecule has 4 rings (SSSR count). The molecule has 0 aliphatic heterocycles. The van der Waals surface area contributed by atoms with Gasteiger partial charge in [-0.25, -0.2) is 4.98 Å². The minimum Gasteiger partial charge on any atom is -0.322 e. The summed E-state index contributed by atoms with van der Waals surface area (Å²) in [5, 5.41) is 3.72. The molecule has 4 nitrogen and oxygen atoms in total. The Labute approximate surface area is 169 Å². The van der Waals surface area contributed by atoms with Crippen LogP contribution in [0.5, 0.6) is 0 Å². The molecule has 29 heavy (non-hydrogen) atoms. The lowest BCUT2D eigenvalue weighted by molar-refractivity contribution is 0.101. The van der Waals surface area contributed by atoms with Crippen molar-refractivity contribution >= 4 is 28.3 Å². The summed E-state index contributed by atoms with van der Waals surface area (Å²) in [5.74, 6) is -0.224. The molecule has 0 spiro atoms. The topological polar surface area (TPSA) is 59.1 Å². The lowest BCUT2D eigenvalue weighted by Gasteiger charge is -2.11. The SMILES string of the molecule is CC(=O)c1ccc(NC(=O)c2cc(-c3ccc(C)cc3)nc3ccccc23)cc1. The number of para-hydroxylation sites is 1. The monoisotopic (exact) mass is 380 g/mol. The maximum absolute atomic E-state index is 13.1. The fourth-order valence-corrected chi connectivity index (χ4v) is 3.22. The highest BCUT2D eigenvalue weighted by Crippen LogP contribution is 2.26. The van der Waals surface area contributed by atoms with E-state index < -0.39 is 0 Å². The highest BCUT2D eigenvalue weighted by molar-refractivity contribution is 6.13. The number of carbonyl (C=O) groups excluding carboxylic acids is 2. The minimum atomic E-state index is -0.215. The van der Waals surface area contributed by atoms with Crippen LogP contribution >= 0.6 is 0 Å². The van der Waals surface area contributed by atoms with Gasteiger partial charge in [0.1, 0.15) is 0 Å². The van der Waals surface area contributed by atoms with Crippen LogP contribution in [0.15, 0.2) is 78.9 Å². The van der Waals surface area contributed by atoms with Gasteiger partial charge in [0, 0.05) is 22.2 Å². The summed E-state index contributed by atoms with van der Waals surface area (Å²) in [4.78, 5) is 29.3. The molecule has 0 saturated carbocycles. The van der Waals surface area contributed by atoms with E-state index in [0.717, 1.165) is 22.2 Å². The summed E-state index contributed by atoms with van der Waals surface area (Å²) in [6.45, 7) is 3.55. The van der Waals surface area contributed by atoms with Crippen molar-refractivity contribution in [3.05, 3.63) is 95.6 Å². The number of pyridine rings is 1. The Hall–Kier alpha value is -3.79. The van der Waals surface area contributed by atoms with Crippen molar-refractivity contribution in [3.8, 4) is 11.3 Å². The maximum atomic E-state index is 13.1. The van der Waals surface area contributed by atoms with Crippen molar-refractivity contribution in [1.29, 1.82) is 0 Å². The zero-order chi connectivity index (χ0) is 20.4. The van der Waals surface area contributed by atoms with E-state index in [4.69, 9.17) is 4.98 Å². The molecule has 0 bridgehead atoms. The third kappa shape index (κ3) is 3.92. The number of benzene rings is 3. The molecule has 1 heterocycles. The van der Waals surface area contributed by atoms with Crippen LogP contribution < -0.4 is 5.32 Å². The van der Waals surface area contributed by atoms with Gasteiger partial charge < -0.3 is 5.32 Å². The average Bonchev–Trinajstić information content (AvgIpc) is 2.74. The van der Waals surface area contributed by atoms with Crippen LogP contribution in [0.1, 0.15) is 33.2 Å². The normalized spacial score (nSPS) is 10.7. The number of aryl methyl sites for hydroxylation is 1. The highest BCUT2D eigenvalue weighted by Gasteiger charge is 2.14. The Bertz CT molecular complexity index is 1210. The largest absolute Gasteiger partial charge is 0.322 e. The number of Topliss-reactive ketones (excluding diaryl/α,β-unsaturated/α-hetero) is 1. The average molecular weight is 380 g/mol. The summed E-state index contributed by atoms with van der Waals surface area (Å²) < 4.78 is 0. The Morgan fingerprint density at radius 3 is 2.24 bits per heavy atom. The number of rotatable bonds is 4. The van der Waals surface area contributed by atoms with Crippen molar-refractivity contribution in [2.75, 3.05) is 5.32 Å². The van der Waals surface area contributed by atoms with E-state index in [9.17, 15) is 9.59 Å². The second-order valence-electron chi connectivity index (χ2n) is 7.03. The standard InChI is InChI=1S/C25H20N2O2/c1-16-7-9-19(10-8-16)24-15-22(21-5-3-4-6-23(21)27-24)25(29)26-20-13-11-18(12-14-20)17(2)28/h3-15H,1-2H3,(H,26,29). The molecule has 0 fully saturated rings. The fraction of sp³-hybridized carbons (Fsp3) is 0.0800. The van der Waals surface area contributed by atoms with Crippen molar-refractivity contribution in [2.45, 2.75) is 13.8 Å². The van der Waals surface area contributed by atoms with E-state index in [1.54, 1.807) is 24.3 Å². The first-order valence-electron chi connectivity index (χ1n) is 9.40. The third-order valence-corrected chi connectivity index (χ3v) is 4.86. The number of fused-ring (bicyclic) bond motifs is 1. The molecule has 142 valence electrons. The van der Waals surface area contributed by atoms with Gasteiger partial charge in [-0.3, -0.25) is 9.59 Å². The van der Waals surface area contributed by atoms with Crippen LogP contribution in [-0.2, 0) is 0 Å². The summed E-state index contributed by atoms with van der Waals surface area (Å²) in [5.41, 5.74) is 5.45. The van der Waals surface area contributed by atoms with Crippen LogP contribution in [-0.4, -0.2) is 16.7 Å². The molecule has 0 unspecified atom stereocenters. The number of ketones is 1. The van der Waals surface area contributed by atoms with Gasteiger partial charge in [0.2, 0.25) is 0 Å². The minimum absolute atomic E-state index is 0.00857. The number of amides is 1. The van der Waals surface area contributed by atoms with Gasteiger partial charge in [-0.15, -0.1) is 0 Å². The van der Waals surface area contributed by atoms with Gasteiger partial charge in [-0.2, -0.15) is 0 Å². The molecule has 4 aromatic rings. The van der Waals surface area contributed by atoms with E-state index in [1.165, 1.54) is 12.5 Å². The smallest absolute Gasteiger partial charge is 0.256 e. The van der Waals surface area contributed by atoms with Gasteiger partial charge in [-0.1, -0.05) is 48.0 Å². The molecule has 1 amide bonds. The van der Waals surface area contributed by atoms with E-state index in [0.29, 0.717) is 16.8 Å². The number of aromatic nitrogens is 1. The van der Waals surface area contributed by atoms with Crippen LogP contribution in [0, 0.1) is 6.92 Å². The van der Waals surface area contributed by atoms with Gasteiger partial charge in [0.15, 0.2) is 5.78 Å². The number of hydrogen-bond donors (Lipinski definition) is 1. The van der Waals surface area contributed by atoms with Crippen LogP contribution in [0.4, 0.5) is 5.69 Å². The van der Waals surface area contributed by atoms with Crippen molar-refractivity contribution in [1.82, 2.24) is 4.98 Å². The Morgan fingerprint density at radius 1 is 0.862 bits per heavy atom. The number of nitrogens with zero attached hydrogens (tertiary/aromatic N) is 1. The summed E-state index contributed by atoms with van der Waals surface area (Å²) in [7, 11) is 0.